The van der Waals surface area contributed by atoms with Crippen molar-refractivity contribution >= 4 is 0 Å². The Labute approximate surface area is 66.4 Å². The molecule has 2 atom stereocenters. The molecule has 1 saturated heterocycles. The first kappa shape index (κ1) is 8.93. The molecule has 0 amide bonds. The van der Waals surface area contributed by atoms with Gasteiger partial charge in [-0.15, -0.1) is 0 Å². The van der Waals surface area contributed by atoms with E-state index in [2.05, 4.69) is 0 Å². The molecule has 1 heterocycles. The average molecular weight is 161 g/mol. The topological polar surface area (TPSA) is 52.9 Å². The van der Waals surface area contributed by atoms with Crippen LogP contribution < -0.4 is 0 Å². The molecule has 0 aromatic rings. The fourth-order valence-corrected chi connectivity index (χ4v) is 1.39. The number of aliphatic hydroxyl groups excluding tert-OH is 2. The number of nitrogens with zero attached hydrogens (tertiary/aromatic N) is 1. The second kappa shape index (κ2) is 4.01. The van der Waals surface area contributed by atoms with Crippen LogP contribution in [-0.4, -0.2) is 60.7 Å². The minimum Gasteiger partial charge on any atom is -0.395 e. The van der Waals surface area contributed by atoms with Crippen molar-refractivity contribution in [3.05, 3.63) is 0 Å². The number of hydrogen-bond donors (Lipinski definition) is 2. The van der Waals surface area contributed by atoms with Crippen LogP contribution in [0.3, 0.4) is 0 Å². The van der Waals surface area contributed by atoms with Crippen LogP contribution in [0.5, 0.6) is 0 Å². The molecule has 2 N–H and O–H groups in total. The minimum atomic E-state index is -0.397. The maximum atomic E-state index is 9.34. The van der Waals surface area contributed by atoms with E-state index in [1.807, 2.05) is 4.90 Å². The maximum absolute atomic E-state index is 9.34. The summed E-state index contributed by atoms with van der Waals surface area (Å²) >= 11 is 0. The van der Waals surface area contributed by atoms with E-state index in [0.717, 1.165) is 6.54 Å². The van der Waals surface area contributed by atoms with Crippen LogP contribution >= 0.6 is 0 Å². The van der Waals surface area contributed by atoms with Crippen LogP contribution in [0.1, 0.15) is 0 Å². The fourth-order valence-electron chi connectivity index (χ4n) is 1.39. The summed E-state index contributed by atoms with van der Waals surface area (Å²) < 4.78 is 5.03. The Morgan fingerprint density at radius 1 is 1.55 bits per heavy atom. The average Bonchev–Trinajstić information content (AvgIpc) is 2.32. The van der Waals surface area contributed by atoms with E-state index < -0.39 is 6.10 Å². The molecule has 4 heteroatoms. The highest BCUT2D eigenvalue weighted by Gasteiger charge is 2.30. The standard InChI is InChI=1S/C7H15NO3/c1-11-7-5-8(2-3-9)4-6(7)10/h6-7,9-10H,2-5H2,1H3/t6-,7-/m0/s1. The molecule has 1 aliphatic rings. The molecule has 11 heavy (non-hydrogen) atoms. The van der Waals surface area contributed by atoms with Crippen LogP contribution in [0.25, 0.3) is 0 Å². The zero-order chi connectivity index (χ0) is 8.27. The monoisotopic (exact) mass is 161 g/mol. The summed E-state index contributed by atoms with van der Waals surface area (Å²) in [6.45, 7) is 2.09. The molecule has 0 aromatic carbocycles. The number of ether oxygens (including phenoxy) is 1. The zero-order valence-electron chi connectivity index (χ0n) is 6.73. The summed E-state index contributed by atoms with van der Waals surface area (Å²) in [5.74, 6) is 0. The van der Waals surface area contributed by atoms with E-state index in [0.29, 0.717) is 13.1 Å². The van der Waals surface area contributed by atoms with Crippen LogP contribution in [-0.2, 0) is 4.74 Å². The molecule has 0 aliphatic carbocycles. The van der Waals surface area contributed by atoms with Gasteiger partial charge in [0, 0.05) is 26.7 Å². The smallest absolute Gasteiger partial charge is 0.0969 e. The van der Waals surface area contributed by atoms with Crippen molar-refractivity contribution in [3.63, 3.8) is 0 Å². The number of likely N-dealkylation sites (tertiary alicyclic amines) is 1. The lowest BCUT2D eigenvalue weighted by atomic mass is 10.3. The second-order valence-electron chi connectivity index (χ2n) is 2.82. The lowest BCUT2D eigenvalue weighted by Gasteiger charge is -2.12. The normalized spacial score (nSPS) is 33.0. The highest BCUT2D eigenvalue weighted by Crippen LogP contribution is 2.11. The molecule has 4 nitrogen and oxygen atoms in total. The van der Waals surface area contributed by atoms with Crippen molar-refractivity contribution < 1.29 is 14.9 Å². The second-order valence-corrected chi connectivity index (χ2v) is 2.82. The molecular formula is C7H15NO3. The molecule has 0 spiro atoms. The predicted molar refractivity (Wildman–Crippen MR) is 40.3 cm³/mol. The molecular weight excluding hydrogens is 146 g/mol. The summed E-state index contributed by atoms with van der Waals surface area (Å²) in [5.41, 5.74) is 0. The number of hydrogen-bond acceptors (Lipinski definition) is 4. The molecule has 66 valence electrons. The van der Waals surface area contributed by atoms with Crippen LogP contribution in [0.2, 0.25) is 0 Å². The van der Waals surface area contributed by atoms with Crippen LogP contribution in [0.15, 0.2) is 0 Å². The lowest BCUT2D eigenvalue weighted by Crippen LogP contribution is -2.25. The first-order valence-corrected chi connectivity index (χ1v) is 3.82. The van der Waals surface area contributed by atoms with Gasteiger partial charge in [0.15, 0.2) is 0 Å². The Morgan fingerprint density at radius 2 is 2.27 bits per heavy atom. The van der Waals surface area contributed by atoms with Crippen molar-refractivity contribution in [3.8, 4) is 0 Å². The summed E-state index contributed by atoms with van der Waals surface area (Å²) in [6, 6.07) is 0. The van der Waals surface area contributed by atoms with Gasteiger partial charge in [-0.25, -0.2) is 0 Å². The van der Waals surface area contributed by atoms with E-state index in [4.69, 9.17) is 9.84 Å². The van der Waals surface area contributed by atoms with Gasteiger partial charge in [0.1, 0.15) is 0 Å². The summed E-state index contributed by atoms with van der Waals surface area (Å²) in [5, 5.41) is 17.9. The maximum Gasteiger partial charge on any atom is 0.0969 e. The van der Waals surface area contributed by atoms with E-state index in [1.54, 1.807) is 7.11 Å². The Hall–Kier alpha value is -0.160. The highest BCUT2D eigenvalue weighted by atomic mass is 16.5. The predicted octanol–water partition coefficient (Wildman–Crippen LogP) is -1.33. The molecule has 0 radical (unpaired) electrons. The lowest BCUT2D eigenvalue weighted by molar-refractivity contribution is 0.0214. The van der Waals surface area contributed by atoms with E-state index in [-0.39, 0.29) is 12.7 Å². The third-order valence-corrected chi connectivity index (χ3v) is 2.03. The van der Waals surface area contributed by atoms with Crippen molar-refractivity contribution in [2.45, 2.75) is 12.2 Å². The minimum absolute atomic E-state index is 0.0819. The number of methoxy groups -OCH3 is 1. The third kappa shape index (κ3) is 2.13. The van der Waals surface area contributed by atoms with Gasteiger partial charge in [-0.3, -0.25) is 4.90 Å². The van der Waals surface area contributed by atoms with Gasteiger partial charge in [0.05, 0.1) is 18.8 Å². The Bertz CT molecular complexity index is 120. The summed E-state index contributed by atoms with van der Waals surface area (Å²) in [4.78, 5) is 1.98. The van der Waals surface area contributed by atoms with E-state index >= 15 is 0 Å². The number of aliphatic hydroxyl groups is 2. The SMILES string of the molecule is CO[C@H]1CN(CCO)C[C@@H]1O. The molecule has 0 unspecified atom stereocenters. The number of rotatable bonds is 3. The van der Waals surface area contributed by atoms with Crippen LogP contribution in [0.4, 0.5) is 0 Å². The van der Waals surface area contributed by atoms with Crippen molar-refractivity contribution in [1.29, 1.82) is 0 Å². The third-order valence-electron chi connectivity index (χ3n) is 2.03. The number of β-amino-alcohol motifs (C(OH)–C–C–N with tert-alkyl or cyclic N) is 2. The van der Waals surface area contributed by atoms with Gasteiger partial charge in [-0.05, 0) is 0 Å². The van der Waals surface area contributed by atoms with E-state index in [9.17, 15) is 5.11 Å². The van der Waals surface area contributed by atoms with Gasteiger partial charge in [-0.1, -0.05) is 0 Å². The largest absolute Gasteiger partial charge is 0.395 e. The van der Waals surface area contributed by atoms with Crippen molar-refractivity contribution in [2.24, 2.45) is 0 Å². The molecule has 0 saturated carbocycles. The van der Waals surface area contributed by atoms with Gasteiger partial charge in [0.25, 0.3) is 0 Å². The van der Waals surface area contributed by atoms with Gasteiger partial charge in [-0.2, -0.15) is 0 Å². The Kier molecular flexibility index (Phi) is 3.26. The summed E-state index contributed by atoms with van der Waals surface area (Å²) in [6.07, 6.45) is -0.479. The van der Waals surface area contributed by atoms with E-state index in [1.165, 1.54) is 0 Å². The first-order chi connectivity index (χ1) is 5.27. The van der Waals surface area contributed by atoms with Crippen molar-refractivity contribution in [1.82, 2.24) is 4.90 Å². The zero-order valence-corrected chi connectivity index (χ0v) is 6.73. The summed E-state index contributed by atoms with van der Waals surface area (Å²) in [7, 11) is 1.59. The first-order valence-electron chi connectivity index (χ1n) is 3.82. The molecule has 0 bridgehead atoms. The Morgan fingerprint density at radius 3 is 2.73 bits per heavy atom. The molecule has 1 rings (SSSR count). The van der Waals surface area contributed by atoms with Gasteiger partial charge < -0.3 is 14.9 Å². The fraction of sp³-hybridized carbons (Fsp3) is 1.00. The molecule has 0 aromatic heterocycles. The highest BCUT2D eigenvalue weighted by molar-refractivity contribution is 4.83. The van der Waals surface area contributed by atoms with Gasteiger partial charge >= 0.3 is 0 Å². The van der Waals surface area contributed by atoms with Crippen LogP contribution in [0, 0.1) is 0 Å². The quantitative estimate of drug-likeness (QED) is 0.538. The van der Waals surface area contributed by atoms with Gasteiger partial charge in [0.2, 0.25) is 0 Å². The molecule has 1 fully saturated rings. The van der Waals surface area contributed by atoms with Crippen molar-refractivity contribution in [2.75, 3.05) is 33.4 Å². The Balaban J connectivity index is 2.30. The molecule has 1 aliphatic heterocycles.